The van der Waals surface area contributed by atoms with E-state index >= 15 is 0 Å². The van der Waals surface area contributed by atoms with Gasteiger partial charge in [0.2, 0.25) is 0 Å². The quantitative estimate of drug-likeness (QED) is 0.797. The Hall–Kier alpha value is -1.84. The van der Waals surface area contributed by atoms with Crippen molar-refractivity contribution in [1.29, 1.82) is 0 Å². The molecule has 0 heterocycles. The minimum atomic E-state index is -1.10. The van der Waals surface area contributed by atoms with Crippen LogP contribution in [0, 0.1) is 0 Å². The van der Waals surface area contributed by atoms with E-state index in [1.54, 1.807) is 0 Å². The molecule has 1 amide bonds. The van der Waals surface area contributed by atoms with Crippen molar-refractivity contribution in [3.63, 3.8) is 0 Å². The molecule has 0 saturated heterocycles. The zero-order chi connectivity index (χ0) is 12.0. The monoisotopic (exact) mass is 221 g/mol. The van der Waals surface area contributed by atoms with Crippen LogP contribution in [0.5, 0.6) is 0 Å². The zero-order valence-electron chi connectivity index (χ0n) is 9.14. The SMILES string of the molecule is CC(=O)CC(Cc1ccccc1)NC(=O)O. The molecule has 0 aliphatic heterocycles. The molecule has 0 spiro atoms. The van der Waals surface area contributed by atoms with Gasteiger partial charge in [-0.05, 0) is 18.9 Å². The van der Waals surface area contributed by atoms with Crippen LogP contribution in [0.15, 0.2) is 30.3 Å². The maximum absolute atomic E-state index is 11.0. The molecule has 1 unspecified atom stereocenters. The Kier molecular flexibility index (Phi) is 4.51. The smallest absolute Gasteiger partial charge is 0.404 e. The van der Waals surface area contributed by atoms with E-state index in [-0.39, 0.29) is 18.2 Å². The lowest BCUT2D eigenvalue weighted by Crippen LogP contribution is -2.36. The van der Waals surface area contributed by atoms with Gasteiger partial charge in [0.25, 0.3) is 0 Å². The van der Waals surface area contributed by atoms with E-state index in [0.717, 1.165) is 5.56 Å². The van der Waals surface area contributed by atoms with Gasteiger partial charge in [0, 0.05) is 12.5 Å². The minimum absolute atomic E-state index is 0.0188. The largest absolute Gasteiger partial charge is 0.465 e. The molecule has 0 aliphatic rings. The fourth-order valence-corrected chi connectivity index (χ4v) is 1.59. The number of hydrogen-bond acceptors (Lipinski definition) is 2. The molecule has 0 radical (unpaired) electrons. The Morgan fingerprint density at radius 2 is 1.94 bits per heavy atom. The van der Waals surface area contributed by atoms with Crippen molar-refractivity contribution in [2.45, 2.75) is 25.8 Å². The molecule has 1 aromatic rings. The van der Waals surface area contributed by atoms with E-state index < -0.39 is 6.09 Å². The van der Waals surface area contributed by atoms with Crippen molar-refractivity contribution in [2.24, 2.45) is 0 Å². The third-order valence-electron chi connectivity index (χ3n) is 2.19. The van der Waals surface area contributed by atoms with E-state index in [0.29, 0.717) is 6.42 Å². The number of carbonyl (C=O) groups excluding carboxylic acids is 1. The number of carbonyl (C=O) groups is 2. The average Bonchev–Trinajstić information content (AvgIpc) is 2.16. The summed E-state index contributed by atoms with van der Waals surface area (Å²) >= 11 is 0. The predicted octanol–water partition coefficient (Wildman–Crippen LogP) is 1.84. The lowest BCUT2D eigenvalue weighted by atomic mass is 10.0. The van der Waals surface area contributed by atoms with Gasteiger partial charge in [-0.2, -0.15) is 0 Å². The summed E-state index contributed by atoms with van der Waals surface area (Å²) < 4.78 is 0. The number of rotatable bonds is 5. The molecular weight excluding hydrogens is 206 g/mol. The summed E-state index contributed by atoms with van der Waals surface area (Å²) in [5, 5.41) is 11.0. The van der Waals surface area contributed by atoms with Crippen LogP contribution in [-0.4, -0.2) is 23.0 Å². The molecular formula is C12H15NO3. The third kappa shape index (κ3) is 4.59. The van der Waals surface area contributed by atoms with Crippen molar-refractivity contribution >= 4 is 11.9 Å². The first-order valence-corrected chi connectivity index (χ1v) is 5.10. The maximum atomic E-state index is 11.0. The van der Waals surface area contributed by atoms with Gasteiger partial charge < -0.3 is 10.4 Å². The Balaban J connectivity index is 2.63. The van der Waals surface area contributed by atoms with Crippen LogP contribution in [0.4, 0.5) is 4.79 Å². The van der Waals surface area contributed by atoms with Gasteiger partial charge in [-0.1, -0.05) is 30.3 Å². The highest BCUT2D eigenvalue weighted by Crippen LogP contribution is 2.06. The Morgan fingerprint density at radius 3 is 2.44 bits per heavy atom. The molecule has 16 heavy (non-hydrogen) atoms. The predicted molar refractivity (Wildman–Crippen MR) is 60.4 cm³/mol. The highest BCUT2D eigenvalue weighted by Gasteiger charge is 2.14. The maximum Gasteiger partial charge on any atom is 0.404 e. The first-order valence-electron chi connectivity index (χ1n) is 5.10. The van der Waals surface area contributed by atoms with E-state index in [2.05, 4.69) is 5.32 Å². The lowest BCUT2D eigenvalue weighted by molar-refractivity contribution is -0.117. The summed E-state index contributed by atoms with van der Waals surface area (Å²) in [6, 6.07) is 9.15. The molecule has 0 aromatic heterocycles. The van der Waals surface area contributed by atoms with Gasteiger partial charge in [-0.3, -0.25) is 4.79 Å². The van der Waals surface area contributed by atoms with Gasteiger partial charge in [0.1, 0.15) is 5.78 Å². The number of benzene rings is 1. The van der Waals surface area contributed by atoms with Crippen molar-refractivity contribution < 1.29 is 14.7 Å². The van der Waals surface area contributed by atoms with Crippen LogP contribution < -0.4 is 5.32 Å². The Bertz CT molecular complexity index is 346. The number of ketones is 1. The van der Waals surface area contributed by atoms with Crippen molar-refractivity contribution in [3.05, 3.63) is 35.9 Å². The number of Topliss-reactive ketones (excluding diaryl/α,β-unsaturated/α-hetero) is 1. The summed E-state index contributed by atoms with van der Waals surface area (Å²) in [6.45, 7) is 1.46. The topological polar surface area (TPSA) is 66.4 Å². The van der Waals surface area contributed by atoms with Crippen LogP contribution in [0.2, 0.25) is 0 Å². The van der Waals surface area contributed by atoms with Crippen LogP contribution in [0.3, 0.4) is 0 Å². The molecule has 1 aromatic carbocycles. The van der Waals surface area contributed by atoms with Gasteiger partial charge in [-0.25, -0.2) is 4.79 Å². The first kappa shape index (κ1) is 12.2. The average molecular weight is 221 g/mol. The lowest BCUT2D eigenvalue weighted by Gasteiger charge is -2.15. The number of hydrogen-bond donors (Lipinski definition) is 2. The third-order valence-corrected chi connectivity index (χ3v) is 2.19. The summed E-state index contributed by atoms with van der Waals surface area (Å²) in [4.78, 5) is 21.6. The normalized spacial score (nSPS) is 11.8. The van der Waals surface area contributed by atoms with Gasteiger partial charge >= 0.3 is 6.09 Å². The molecule has 86 valence electrons. The summed E-state index contributed by atoms with van der Waals surface area (Å²) in [7, 11) is 0. The molecule has 0 fully saturated rings. The van der Waals surface area contributed by atoms with E-state index in [1.807, 2.05) is 30.3 Å². The van der Waals surface area contributed by atoms with Crippen LogP contribution in [0.1, 0.15) is 18.9 Å². The second kappa shape index (κ2) is 5.90. The molecule has 0 saturated carbocycles. The van der Waals surface area contributed by atoms with E-state index in [4.69, 9.17) is 5.11 Å². The highest BCUT2D eigenvalue weighted by molar-refractivity contribution is 5.77. The van der Waals surface area contributed by atoms with Gasteiger partial charge in [0.05, 0.1) is 0 Å². The highest BCUT2D eigenvalue weighted by atomic mass is 16.4. The zero-order valence-corrected chi connectivity index (χ0v) is 9.14. The van der Waals surface area contributed by atoms with Crippen LogP contribution in [0.25, 0.3) is 0 Å². The fourth-order valence-electron chi connectivity index (χ4n) is 1.59. The standard InChI is InChI=1S/C12H15NO3/c1-9(14)7-11(13-12(15)16)8-10-5-3-2-4-6-10/h2-6,11,13H,7-8H2,1H3,(H,15,16). The summed E-state index contributed by atoms with van der Waals surface area (Å²) in [5.41, 5.74) is 1.02. The summed E-state index contributed by atoms with van der Waals surface area (Å²) in [5.74, 6) is -0.0188. The fraction of sp³-hybridized carbons (Fsp3) is 0.333. The number of nitrogens with one attached hydrogen (secondary N) is 1. The molecule has 4 heteroatoms. The van der Waals surface area contributed by atoms with E-state index in [9.17, 15) is 9.59 Å². The summed E-state index contributed by atoms with van der Waals surface area (Å²) in [6.07, 6.45) is -0.337. The molecule has 1 atom stereocenters. The van der Waals surface area contributed by atoms with Gasteiger partial charge in [-0.15, -0.1) is 0 Å². The Labute approximate surface area is 94.3 Å². The molecule has 2 N–H and O–H groups in total. The Morgan fingerprint density at radius 1 is 1.31 bits per heavy atom. The minimum Gasteiger partial charge on any atom is -0.465 e. The van der Waals surface area contributed by atoms with Crippen LogP contribution >= 0.6 is 0 Å². The molecule has 4 nitrogen and oxygen atoms in total. The van der Waals surface area contributed by atoms with Crippen LogP contribution in [-0.2, 0) is 11.2 Å². The van der Waals surface area contributed by atoms with Gasteiger partial charge in [0.15, 0.2) is 0 Å². The second-order valence-electron chi connectivity index (χ2n) is 3.74. The number of carboxylic acid groups (broad SMARTS) is 1. The molecule has 1 rings (SSSR count). The van der Waals surface area contributed by atoms with Crippen molar-refractivity contribution in [2.75, 3.05) is 0 Å². The first-order chi connectivity index (χ1) is 7.58. The molecule has 0 aliphatic carbocycles. The molecule has 0 bridgehead atoms. The number of amides is 1. The van der Waals surface area contributed by atoms with E-state index in [1.165, 1.54) is 6.92 Å². The van der Waals surface area contributed by atoms with Crippen molar-refractivity contribution in [1.82, 2.24) is 5.32 Å². The van der Waals surface area contributed by atoms with Crippen molar-refractivity contribution in [3.8, 4) is 0 Å². The second-order valence-corrected chi connectivity index (χ2v) is 3.74.